The Bertz CT molecular complexity index is 3900. The lowest BCUT2D eigenvalue weighted by Crippen LogP contribution is -2.71. The quantitative estimate of drug-likeness (QED) is 0.0271. The van der Waals surface area contributed by atoms with E-state index in [2.05, 4.69) is 21.3 Å². The molecule has 63 nitrogen and oxygen atoms in total. The number of rotatable bonds is 40. The summed E-state index contributed by atoms with van der Waals surface area (Å²) < 4.78 is 132. The van der Waals surface area contributed by atoms with Crippen molar-refractivity contribution in [2.24, 2.45) is 0 Å². The summed E-state index contributed by atoms with van der Waals surface area (Å²) in [5.41, 5.74) is 0. The molecule has 0 radical (unpaired) electrons. The fourth-order valence-electron chi connectivity index (χ4n) is 18.3. The van der Waals surface area contributed by atoms with Crippen LogP contribution < -0.4 is 21.3 Å². The van der Waals surface area contributed by atoms with Crippen LogP contribution in [0.2, 0.25) is 0 Å². The molecule has 0 aliphatic carbocycles. The van der Waals surface area contributed by atoms with E-state index in [0.717, 1.165) is 27.7 Å². The van der Waals surface area contributed by atoms with Crippen LogP contribution in [0.3, 0.4) is 0 Å². The fraction of sp³-hybridized carbons (Fsp3) is 0.950. The highest BCUT2D eigenvalue weighted by Gasteiger charge is 2.63. The van der Waals surface area contributed by atoms with E-state index in [-0.39, 0.29) is 0 Å². The summed E-state index contributed by atoms with van der Waals surface area (Å²) in [5.74, 6) is -4.15. The first kappa shape index (κ1) is 119. The summed E-state index contributed by atoms with van der Waals surface area (Å²) in [5, 5.41) is 379. The Hall–Kier alpha value is -4.32. The van der Waals surface area contributed by atoms with Crippen LogP contribution in [-0.4, -0.2) is 627 Å². The Morgan fingerprint density at radius 3 is 0.909 bits per heavy atom. The number of hydrogen-bond acceptors (Lipinski definition) is 59. The molecule has 0 saturated carbocycles. The monoisotopic (exact) mass is 2100 g/mol. The number of carbonyl (C=O) groups is 4. The number of ether oxygens (including phenoxy) is 22. The van der Waals surface area contributed by atoms with Crippen molar-refractivity contribution in [2.45, 2.75) is 403 Å². The molecule has 59 atom stereocenters. The molecule has 11 rings (SSSR count). The van der Waals surface area contributed by atoms with Crippen LogP contribution in [0.15, 0.2) is 0 Å². The molecule has 11 saturated heterocycles. The standard InChI is InChI=1S/C80H136N4O59/c1-18-39(100)50(111)55(116)74(124-18)138-64-32(15-93)132-73(38(84-23(6)97)66(64)140-77-58(119)53(114)43(104)27(10-88)128-77)142-68-47(108)34(17-123-70-35(81-20(3)94)48(109)62(30(13-91)130-70)136-76-57(118)52(113)42(103)26(9-87)127-76)134-79(60(68)121)137-63-31(14-92)131-71(36(49(63)110)82-21(4)95)122-16-33-46(107)67(59(120)78(133-33)135-61(25(99)8-86)41(102)24(98)7-85)141-72-37(83-22(5)96)65(45(106)29(12-90)126-72)139-80-69(54(115)44(105)28(11-89)129-80)143-75-56(117)51(112)40(101)19(2)125-75/h18-19,24-80,85-93,98-121H,7-17H2,1-6H3,(H,81,94)(H,82,95)(H,83,96)(H,84,97)/t18-,19-,24-,25+,26+,27+,28+,29+,30+,31+,32+,33+,34+,35+,36+,37+,38+,39+,40+,41+,42-,43-,44-,45+,46-,47-,48+,49+,50+,51+,52-,53-,54-,55-,56-,57+,58+,59+,60+,61+,62+,63+,64+,65+,66+,67-,68-,69+,70+,71+,72-,73-,74-,75-,76-,77-,78-,79-,80-/m0/s1. The molecule has 63 heteroatoms. The van der Waals surface area contributed by atoms with Gasteiger partial charge in [0.2, 0.25) is 23.6 Å². The SMILES string of the molecule is CC(=O)N[C@H]1[C@H](OC[C@H]2O[C@@H](O[C@H]3[C@H](O)[C@@H](NC(C)=O)[C@H](OC[C@H]4O[C@@H](O[C@@H]([C@H](O)[C@@H](O)CO)[C@H](O)CO)[C@H](O)[C@@H](O[C@@H]5O[C@H](CO)[C@@H](O)[C@H](O[C@@H]6O[C@H](CO)[C@H](O)[C@H](O)[C@H]6O[C@@H]6O[C@@H](C)[C@@H](O)[C@@H](O)[C@@H]6O)[C@H]5NC(C)=O)[C@H]4O)O[C@@H]3CO)[C@H](O)[C@@H](O[C@@H]3O[C@H](CO)[C@@H](O[C@@H]4O[C@@H](C)[C@@H](O)[C@@H](O)[C@@H]4O)[C@H](O[C@@H]4O[C@H](CO)[C@H](O)[C@H](O)[C@H]4O)[C@H]3NC(C)=O)[C@H]2O)O[C@H](CO)[C@@H](O[C@@H]2O[C@H](CO)[C@H](O)[C@H](O)[C@H]2O)[C@@H]1O. The zero-order chi connectivity index (χ0) is 106. The highest BCUT2D eigenvalue weighted by Crippen LogP contribution is 2.43. The highest BCUT2D eigenvalue weighted by molar-refractivity contribution is 5.74. The first-order chi connectivity index (χ1) is 67.6. The summed E-state index contributed by atoms with van der Waals surface area (Å²) >= 11 is 0. The van der Waals surface area contributed by atoms with Gasteiger partial charge in [-0.25, -0.2) is 0 Å². The topological polar surface area (TPSA) is 987 Å². The Balaban J connectivity index is 0.929. The maximum absolute atomic E-state index is 13.7. The third kappa shape index (κ3) is 26.8. The highest BCUT2D eigenvalue weighted by atomic mass is 16.8. The van der Waals surface area contributed by atoms with Gasteiger partial charge in [0, 0.05) is 27.7 Å². The second kappa shape index (κ2) is 52.3. The summed E-state index contributed by atoms with van der Waals surface area (Å²) in [6.45, 7) is -7.22. The third-order valence-electron chi connectivity index (χ3n) is 26.2. The second-order valence-electron chi connectivity index (χ2n) is 36.4. The van der Waals surface area contributed by atoms with Crippen LogP contribution in [0.25, 0.3) is 0 Å². The van der Waals surface area contributed by atoms with Crippen LogP contribution in [0.4, 0.5) is 0 Å². The van der Waals surface area contributed by atoms with Crippen molar-refractivity contribution < 1.29 is 292 Å². The zero-order valence-electron chi connectivity index (χ0n) is 77.2. The van der Waals surface area contributed by atoms with E-state index in [1.165, 1.54) is 13.8 Å². The molecule has 37 N–H and O–H groups in total. The van der Waals surface area contributed by atoms with Crippen molar-refractivity contribution in [1.82, 2.24) is 21.3 Å². The lowest BCUT2D eigenvalue weighted by molar-refractivity contribution is -0.393. The Labute approximate surface area is 810 Å². The van der Waals surface area contributed by atoms with Crippen LogP contribution in [0.1, 0.15) is 41.5 Å². The number of aliphatic hydroxyl groups excluding tert-OH is 33. The number of aliphatic hydroxyl groups is 33. The normalized spacial score (nSPS) is 48.3. The van der Waals surface area contributed by atoms with Gasteiger partial charge in [0.05, 0.1) is 84.9 Å². The molecule has 0 bridgehead atoms. The first-order valence-corrected chi connectivity index (χ1v) is 45.8. The van der Waals surface area contributed by atoms with Gasteiger partial charge in [0.15, 0.2) is 69.2 Å². The maximum Gasteiger partial charge on any atom is 0.217 e. The van der Waals surface area contributed by atoms with Gasteiger partial charge in [-0.3, -0.25) is 19.2 Å². The third-order valence-corrected chi connectivity index (χ3v) is 26.2. The predicted molar refractivity (Wildman–Crippen MR) is 441 cm³/mol. The minimum absolute atomic E-state index is 0.863. The van der Waals surface area contributed by atoms with Crippen molar-refractivity contribution in [3.8, 4) is 0 Å². The summed E-state index contributed by atoms with van der Waals surface area (Å²) in [6.07, 6.45) is -118. The zero-order valence-corrected chi connectivity index (χ0v) is 77.2. The number of hydrogen-bond donors (Lipinski definition) is 37. The van der Waals surface area contributed by atoms with Crippen molar-refractivity contribution >= 4 is 23.6 Å². The lowest BCUT2D eigenvalue weighted by Gasteiger charge is -2.52. The van der Waals surface area contributed by atoms with Crippen LogP contribution in [0, 0.1) is 0 Å². The van der Waals surface area contributed by atoms with Gasteiger partial charge >= 0.3 is 0 Å². The van der Waals surface area contributed by atoms with Crippen LogP contribution in [0.5, 0.6) is 0 Å². The molecule has 143 heavy (non-hydrogen) atoms. The van der Waals surface area contributed by atoms with E-state index >= 15 is 0 Å². The molecule has 4 amide bonds. The Kier molecular flexibility index (Phi) is 43.5. The van der Waals surface area contributed by atoms with E-state index in [4.69, 9.17) is 104 Å². The van der Waals surface area contributed by atoms with Gasteiger partial charge < -0.3 is 294 Å². The molecule has 11 heterocycles. The largest absolute Gasteiger partial charge is 0.394 e. The summed E-state index contributed by atoms with van der Waals surface area (Å²) in [6, 6.07) is -8.25. The molecule has 0 unspecified atom stereocenters. The molecule has 0 spiro atoms. The average Bonchev–Trinajstić information content (AvgIpc) is 0.762. The average molecular weight is 2100 g/mol. The van der Waals surface area contributed by atoms with E-state index in [1.54, 1.807) is 0 Å². The smallest absolute Gasteiger partial charge is 0.217 e. The molecule has 0 aromatic rings. The van der Waals surface area contributed by atoms with Crippen molar-refractivity contribution in [1.29, 1.82) is 0 Å². The molecular weight excluding hydrogens is 1960 g/mol. The van der Waals surface area contributed by atoms with Gasteiger partial charge in [-0.05, 0) is 13.8 Å². The van der Waals surface area contributed by atoms with Crippen molar-refractivity contribution in [3.63, 3.8) is 0 Å². The number of amides is 4. The summed E-state index contributed by atoms with van der Waals surface area (Å²) in [4.78, 5) is 53.7. The minimum atomic E-state index is -2.66. The van der Waals surface area contributed by atoms with Gasteiger partial charge in [-0.15, -0.1) is 0 Å². The molecule has 0 aromatic carbocycles. The molecule has 11 aliphatic rings. The number of carbonyl (C=O) groups excluding carboxylic acids is 4. The van der Waals surface area contributed by atoms with Gasteiger partial charge in [-0.1, -0.05) is 0 Å². The van der Waals surface area contributed by atoms with Gasteiger partial charge in [0.25, 0.3) is 0 Å². The van der Waals surface area contributed by atoms with E-state index in [0.29, 0.717) is 0 Å². The van der Waals surface area contributed by atoms with Crippen molar-refractivity contribution in [3.05, 3.63) is 0 Å². The molecular formula is C80H136N4O59. The Morgan fingerprint density at radius 2 is 0.510 bits per heavy atom. The van der Waals surface area contributed by atoms with Crippen LogP contribution in [-0.2, 0) is 123 Å². The second-order valence-corrected chi connectivity index (χ2v) is 36.4. The molecule has 830 valence electrons. The van der Waals surface area contributed by atoms with Crippen molar-refractivity contribution in [2.75, 3.05) is 72.7 Å². The van der Waals surface area contributed by atoms with E-state index in [1.807, 2.05) is 0 Å². The lowest BCUT2D eigenvalue weighted by atomic mass is 9.93. The maximum atomic E-state index is 13.7. The predicted octanol–water partition coefficient (Wildman–Crippen LogP) is -24.9. The van der Waals surface area contributed by atoms with Crippen LogP contribution >= 0.6 is 0 Å². The molecule has 0 aromatic heterocycles. The van der Waals surface area contributed by atoms with Gasteiger partial charge in [-0.2, -0.15) is 0 Å². The molecule has 11 aliphatic heterocycles. The minimum Gasteiger partial charge on any atom is -0.394 e. The molecule has 11 fully saturated rings. The Morgan fingerprint density at radius 1 is 0.238 bits per heavy atom. The summed E-state index contributed by atoms with van der Waals surface area (Å²) in [7, 11) is 0. The van der Waals surface area contributed by atoms with E-state index in [9.17, 15) is 188 Å². The van der Waals surface area contributed by atoms with E-state index < -0.39 is 458 Å². The number of nitrogens with one attached hydrogen (secondary N) is 4. The van der Waals surface area contributed by atoms with Gasteiger partial charge in [0.1, 0.15) is 281 Å². The first-order valence-electron chi connectivity index (χ1n) is 45.8. The fourth-order valence-corrected chi connectivity index (χ4v) is 18.3.